The number of carbonyl (C=O) groups excluding carboxylic acids is 1. The van der Waals surface area contributed by atoms with Crippen molar-refractivity contribution in [2.75, 3.05) is 33.1 Å². The Labute approximate surface area is 147 Å². The van der Waals surface area contributed by atoms with E-state index in [0.29, 0.717) is 30.2 Å². The molecule has 1 spiro atoms. The first-order chi connectivity index (χ1) is 12.2. The summed E-state index contributed by atoms with van der Waals surface area (Å²) in [6, 6.07) is 5.35. The Hall–Kier alpha value is -1.79. The van der Waals surface area contributed by atoms with Crippen molar-refractivity contribution >= 4 is 5.91 Å². The van der Waals surface area contributed by atoms with E-state index >= 15 is 0 Å². The van der Waals surface area contributed by atoms with E-state index in [1.165, 1.54) is 12.8 Å². The Morgan fingerprint density at radius 2 is 2.04 bits per heavy atom. The molecule has 3 fully saturated rings. The van der Waals surface area contributed by atoms with Gasteiger partial charge in [0, 0.05) is 25.2 Å². The quantitative estimate of drug-likeness (QED) is 0.837. The summed E-state index contributed by atoms with van der Waals surface area (Å²) < 4.78 is 22.7. The molecule has 1 saturated carbocycles. The van der Waals surface area contributed by atoms with Crippen molar-refractivity contribution in [1.82, 2.24) is 4.90 Å². The molecule has 6 nitrogen and oxygen atoms in total. The maximum atomic E-state index is 12.7. The van der Waals surface area contributed by atoms with Gasteiger partial charge in [-0.3, -0.25) is 4.79 Å². The lowest BCUT2D eigenvalue weighted by molar-refractivity contribution is -0.186. The number of fused-ring (bicyclic) bond motifs is 1. The lowest BCUT2D eigenvalue weighted by Gasteiger charge is -2.53. The molecule has 2 saturated heterocycles. The first-order valence-corrected chi connectivity index (χ1v) is 9.15. The normalized spacial score (nSPS) is 26.6. The van der Waals surface area contributed by atoms with Crippen LogP contribution in [0.25, 0.3) is 0 Å². The molecule has 3 aliphatic heterocycles. The maximum Gasteiger partial charge on any atom is 0.254 e. The predicted octanol–water partition coefficient (Wildman–Crippen LogP) is 2.22. The summed E-state index contributed by atoms with van der Waals surface area (Å²) in [4.78, 5) is 14.5. The van der Waals surface area contributed by atoms with Crippen LogP contribution in [0.5, 0.6) is 11.5 Å². The Morgan fingerprint density at radius 1 is 1.20 bits per heavy atom. The topological polar surface area (TPSA) is 57.2 Å². The van der Waals surface area contributed by atoms with Crippen LogP contribution in [0.4, 0.5) is 0 Å². The van der Waals surface area contributed by atoms with E-state index in [4.69, 9.17) is 18.9 Å². The van der Waals surface area contributed by atoms with E-state index < -0.39 is 0 Å². The second kappa shape index (κ2) is 5.88. The van der Waals surface area contributed by atoms with Crippen LogP contribution in [0.1, 0.15) is 36.0 Å². The number of amides is 1. The standard InChI is InChI=1S/C19H23NO5/c21-18(14-3-4-16-17(7-14)24-12-23-16)20-10-19(11-20)8-15(5-6-25-19)22-9-13-1-2-13/h3-4,7,13,15H,1-2,5-6,8-12H2/t15-/m1/s1. The Bertz CT molecular complexity index is 680. The number of likely N-dealkylation sites (tertiary alicyclic amines) is 1. The first-order valence-electron chi connectivity index (χ1n) is 9.15. The third kappa shape index (κ3) is 2.98. The van der Waals surface area contributed by atoms with Crippen molar-refractivity contribution in [3.8, 4) is 11.5 Å². The van der Waals surface area contributed by atoms with Crippen molar-refractivity contribution in [2.24, 2.45) is 5.92 Å². The molecule has 25 heavy (non-hydrogen) atoms. The number of nitrogens with zero attached hydrogens (tertiary/aromatic N) is 1. The van der Waals surface area contributed by atoms with Gasteiger partial charge in [-0.1, -0.05) is 0 Å². The minimum atomic E-state index is -0.210. The number of hydrogen-bond donors (Lipinski definition) is 0. The van der Waals surface area contributed by atoms with E-state index in [2.05, 4.69) is 0 Å². The van der Waals surface area contributed by atoms with Crippen LogP contribution in [-0.2, 0) is 9.47 Å². The van der Waals surface area contributed by atoms with Crippen LogP contribution in [0, 0.1) is 5.92 Å². The number of rotatable bonds is 4. The molecule has 0 N–H and O–H groups in total. The molecule has 4 aliphatic rings. The van der Waals surface area contributed by atoms with Gasteiger partial charge in [-0.05, 0) is 43.4 Å². The number of benzene rings is 1. The lowest BCUT2D eigenvalue weighted by Crippen LogP contribution is -2.67. The summed E-state index contributed by atoms with van der Waals surface area (Å²) in [7, 11) is 0. The number of hydrogen-bond acceptors (Lipinski definition) is 5. The Balaban J connectivity index is 1.19. The van der Waals surface area contributed by atoms with E-state index in [-0.39, 0.29) is 24.4 Å². The van der Waals surface area contributed by atoms with Crippen molar-refractivity contribution < 1.29 is 23.7 Å². The molecule has 1 aromatic rings. The fourth-order valence-corrected chi connectivity index (χ4v) is 3.91. The van der Waals surface area contributed by atoms with Gasteiger partial charge in [0.25, 0.3) is 5.91 Å². The summed E-state index contributed by atoms with van der Waals surface area (Å²) >= 11 is 0. The van der Waals surface area contributed by atoms with Crippen molar-refractivity contribution in [3.63, 3.8) is 0 Å². The van der Waals surface area contributed by atoms with E-state index in [0.717, 1.165) is 32.0 Å². The zero-order chi connectivity index (χ0) is 16.9. The molecular formula is C19H23NO5. The Morgan fingerprint density at radius 3 is 2.88 bits per heavy atom. The average Bonchev–Trinajstić information content (AvgIpc) is 3.32. The van der Waals surface area contributed by atoms with E-state index in [1.54, 1.807) is 18.2 Å². The fourth-order valence-electron chi connectivity index (χ4n) is 3.91. The zero-order valence-corrected chi connectivity index (χ0v) is 14.2. The van der Waals surface area contributed by atoms with E-state index in [9.17, 15) is 4.79 Å². The van der Waals surface area contributed by atoms with Gasteiger partial charge in [-0.15, -0.1) is 0 Å². The van der Waals surface area contributed by atoms with Gasteiger partial charge < -0.3 is 23.8 Å². The van der Waals surface area contributed by atoms with Crippen molar-refractivity contribution in [1.29, 1.82) is 0 Å². The smallest absolute Gasteiger partial charge is 0.254 e. The molecule has 1 aromatic carbocycles. The summed E-state index contributed by atoms with van der Waals surface area (Å²) in [5.74, 6) is 2.14. The minimum absolute atomic E-state index is 0.0218. The van der Waals surface area contributed by atoms with Crippen LogP contribution >= 0.6 is 0 Å². The molecule has 0 bridgehead atoms. The second-order valence-electron chi connectivity index (χ2n) is 7.65. The summed E-state index contributed by atoms with van der Waals surface area (Å²) in [5.41, 5.74) is 0.426. The van der Waals surface area contributed by atoms with Crippen molar-refractivity contribution in [2.45, 2.75) is 37.4 Å². The van der Waals surface area contributed by atoms with Crippen LogP contribution in [-0.4, -0.2) is 55.6 Å². The third-order valence-corrected chi connectivity index (χ3v) is 5.58. The summed E-state index contributed by atoms with van der Waals surface area (Å²) in [6.45, 7) is 3.12. The molecule has 1 amide bonds. The first kappa shape index (κ1) is 15.5. The molecule has 3 heterocycles. The molecule has 6 heteroatoms. The van der Waals surface area contributed by atoms with Gasteiger partial charge in [0.1, 0.15) is 5.60 Å². The molecule has 5 rings (SSSR count). The Kier molecular flexibility index (Phi) is 3.64. The van der Waals surface area contributed by atoms with Crippen LogP contribution in [0.3, 0.4) is 0 Å². The second-order valence-corrected chi connectivity index (χ2v) is 7.65. The number of carbonyl (C=O) groups is 1. The largest absolute Gasteiger partial charge is 0.454 e. The third-order valence-electron chi connectivity index (χ3n) is 5.58. The van der Waals surface area contributed by atoms with Crippen LogP contribution < -0.4 is 9.47 Å². The molecule has 1 aliphatic carbocycles. The van der Waals surface area contributed by atoms with E-state index in [1.807, 2.05) is 4.90 Å². The highest BCUT2D eigenvalue weighted by atomic mass is 16.7. The highest BCUT2D eigenvalue weighted by molar-refractivity contribution is 5.95. The molecule has 134 valence electrons. The van der Waals surface area contributed by atoms with Gasteiger partial charge in [0.15, 0.2) is 11.5 Å². The van der Waals surface area contributed by atoms with Crippen LogP contribution in [0.15, 0.2) is 18.2 Å². The lowest BCUT2D eigenvalue weighted by atomic mass is 9.84. The fraction of sp³-hybridized carbons (Fsp3) is 0.632. The van der Waals surface area contributed by atoms with Gasteiger partial charge in [-0.2, -0.15) is 0 Å². The van der Waals surface area contributed by atoms with Gasteiger partial charge in [0.2, 0.25) is 6.79 Å². The molecule has 0 unspecified atom stereocenters. The highest BCUT2D eigenvalue weighted by Crippen LogP contribution is 2.38. The molecular weight excluding hydrogens is 322 g/mol. The van der Waals surface area contributed by atoms with Crippen LogP contribution in [0.2, 0.25) is 0 Å². The van der Waals surface area contributed by atoms with Gasteiger partial charge in [-0.25, -0.2) is 0 Å². The molecule has 0 radical (unpaired) electrons. The zero-order valence-electron chi connectivity index (χ0n) is 14.2. The number of ether oxygens (including phenoxy) is 4. The molecule has 0 aromatic heterocycles. The van der Waals surface area contributed by atoms with Crippen molar-refractivity contribution in [3.05, 3.63) is 23.8 Å². The average molecular weight is 345 g/mol. The van der Waals surface area contributed by atoms with Gasteiger partial charge in [0.05, 0.1) is 19.2 Å². The van der Waals surface area contributed by atoms with Gasteiger partial charge >= 0.3 is 0 Å². The summed E-state index contributed by atoms with van der Waals surface area (Å²) in [5, 5.41) is 0. The summed E-state index contributed by atoms with van der Waals surface area (Å²) in [6.07, 6.45) is 4.75. The highest BCUT2D eigenvalue weighted by Gasteiger charge is 2.50. The predicted molar refractivity (Wildman–Crippen MR) is 88.8 cm³/mol. The minimum Gasteiger partial charge on any atom is -0.454 e. The molecule has 1 atom stereocenters. The SMILES string of the molecule is O=C(c1ccc2c(c1)OCO2)N1CC2(C[C@H](OCC3CC3)CCO2)C1. The maximum absolute atomic E-state index is 12.7. The monoisotopic (exact) mass is 345 g/mol.